The summed E-state index contributed by atoms with van der Waals surface area (Å²) in [6.07, 6.45) is -0.855. The van der Waals surface area contributed by atoms with Crippen molar-refractivity contribution < 1.29 is 13.2 Å². The molecule has 1 aliphatic heterocycles. The molecule has 1 aliphatic rings. The Morgan fingerprint density at radius 3 is 2.48 bits per heavy atom. The number of nitrogens with zero attached hydrogens (tertiary/aromatic N) is 2. The summed E-state index contributed by atoms with van der Waals surface area (Å²) >= 11 is 0. The first-order valence-electron chi connectivity index (χ1n) is 7.11. The van der Waals surface area contributed by atoms with Crippen LogP contribution in [0.2, 0.25) is 0 Å². The van der Waals surface area contributed by atoms with Gasteiger partial charge < -0.3 is 10.6 Å². The minimum Gasteiger partial charge on any atom is -0.369 e. The van der Waals surface area contributed by atoms with Crippen LogP contribution in [0.1, 0.15) is 32.8 Å². The van der Waals surface area contributed by atoms with E-state index < -0.39 is 18.1 Å². The fourth-order valence-corrected chi connectivity index (χ4v) is 2.81. The quantitative estimate of drug-likeness (QED) is 0.866. The smallest absolute Gasteiger partial charge is 0.369 e. The maximum atomic E-state index is 13.0. The van der Waals surface area contributed by atoms with E-state index in [-0.39, 0.29) is 18.4 Å². The Balaban J connectivity index is 2.34. The van der Waals surface area contributed by atoms with Crippen molar-refractivity contribution >= 4 is 5.69 Å². The Bertz CT molecular complexity index is 494. The highest BCUT2D eigenvalue weighted by Gasteiger charge is 2.44. The predicted octanol–water partition coefficient (Wildman–Crippen LogP) is 3.10. The van der Waals surface area contributed by atoms with Crippen LogP contribution in [0.4, 0.5) is 18.9 Å². The minimum absolute atomic E-state index is 0.00403. The van der Waals surface area contributed by atoms with Crippen molar-refractivity contribution in [2.24, 2.45) is 11.7 Å². The van der Waals surface area contributed by atoms with Gasteiger partial charge in [0.2, 0.25) is 0 Å². The monoisotopic (exact) mass is 301 g/mol. The summed E-state index contributed by atoms with van der Waals surface area (Å²) in [6, 6.07) is 1.32. The largest absolute Gasteiger partial charge is 0.393 e. The van der Waals surface area contributed by atoms with E-state index in [1.807, 2.05) is 20.8 Å². The van der Waals surface area contributed by atoms with Crippen molar-refractivity contribution in [1.29, 1.82) is 0 Å². The highest BCUT2D eigenvalue weighted by Crippen LogP contribution is 2.37. The molecule has 2 heterocycles. The minimum atomic E-state index is -4.20. The first-order valence-corrected chi connectivity index (χ1v) is 7.11. The summed E-state index contributed by atoms with van der Waals surface area (Å²) in [5, 5.41) is 0. The number of alkyl halides is 3. The Kier molecular flexibility index (Phi) is 4.19. The van der Waals surface area contributed by atoms with E-state index in [0.717, 1.165) is 11.3 Å². The van der Waals surface area contributed by atoms with Gasteiger partial charge in [-0.05, 0) is 23.5 Å². The zero-order valence-corrected chi connectivity index (χ0v) is 12.6. The second kappa shape index (κ2) is 5.48. The molecule has 0 amide bonds. The number of nitrogens with two attached hydrogens (primary N) is 1. The summed E-state index contributed by atoms with van der Waals surface area (Å²) < 4.78 is 39.1. The molecule has 0 bridgehead atoms. The molecule has 1 fully saturated rings. The Morgan fingerprint density at radius 1 is 1.24 bits per heavy atom. The van der Waals surface area contributed by atoms with Crippen molar-refractivity contribution in [1.82, 2.24) is 4.98 Å². The third-order valence-electron chi connectivity index (χ3n) is 3.89. The molecular weight excluding hydrogens is 279 g/mol. The van der Waals surface area contributed by atoms with E-state index in [1.165, 1.54) is 0 Å². The van der Waals surface area contributed by atoms with Gasteiger partial charge in [-0.2, -0.15) is 13.2 Å². The lowest BCUT2D eigenvalue weighted by atomic mass is 9.85. The molecule has 0 aromatic carbocycles. The number of aromatic nitrogens is 1. The van der Waals surface area contributed by atoms with E-state index in [1.54, 1.807) is 23.4 Å². The Hall–Kier alpha value is -1.30. The molecule has 1 saturated heterocycles. The van der Waals surface area contributed by atoms with Crippen molar-refractivity contribution in [2.75, 3.05) is 18.0 Å². The molecule has 0 radical (unpaired) electrons. The Morgan fingerprint density at radius 2 is 1.90 bits per heavy atom. The molecule has 2 atom stereocenters. The van der Waals surface area contributed by atoms with Gasteiger partial charge in [0.25, 0.3) is 0 Å². The van der Waals surface area contributed by atoms with Gasteiger partial charge in [-0.15, -0.1) is 0 Å². The normalized spacial score (nSPS) is 24.2. The van der Waals surface area contributed by atoms with Gasteiger partial charge in [-0.25, -0.2) is 0 Å². The molecule has 118 valence electrons. The molecule has 0 unspecified atom stereocenters. The molecule has 6 heteroatoms. The van der Waals surface area contributed by atoms with Crippen LogP contribution >= 0.6 is 0 Å². The van der Waals surface area contributed by atoms with Gasteiger partial charge in [0.1, 0.15) is 0 Å². The molecule has 0 spiro atoms. The molecule has 1 aromatic heterocycles. The highest BCUT2D eigenvalue weighted by molar-refractivity contribution is 5.55. The summed E-state index contributed by atoms with van der Waals surface area (Å²) in [7, 11) is 0. The lowest BCUT2D eigenvalue weighted by molar-refractivity contribution is -0.177. The first kappa shape index (κ1) is 16.1. The van der Waals surface area contributed by atoms with Crippen LogP contribution in [0.25, 0.3) is 0 Å². The second-order valence-electron chi connectivity index (χ2n) is 6.78. The maximum Gasteiger partial charge on any atom is 0.393 e. The average Bonchev–Trinajstić information content (AvgIpc) is 2.36. The number of anilines is 1. The number of hydrogen-bond acceptors (Lipinski definition) is 3. The average molecular weight is 301 g/mol. The van der Waals surface area contributed by atoms with Gasteiger partial charge in [-0.1, -0.05) is 20.8 Å². The molecule has 0 aliphatic carbocycles. The van der Waals surface area contributed by atoms with E-state index >= 15 is 0 Å². The van der Waals surface area contributed by atoms with Crippen LogP contribution in [-0.2, 0) is 5.41 Å². The fourth-order valence-electron chi connectivity index (χ4n) is 2.81. The van der Waals surface area contributed by atoms with Crippen LogP contribution in [0.15, 0.2) is 18.5 Å². The van der Waals surface area contributed by atoms with E-state index in [2.05, 4.69) is 4.98 Å². The third-order valence-corrected chi connectivity index (χ3v) is 3.89. The molecule has 3 nitrogen and oxygen atoms in total. The second-order valence-corrected chi connectivity index (χ2v) is 6.78. The maximum absolute atomic E-state index is 13.0. The van der Waals surface area contributed by atoms with Gasteiger partial charge in [0.15, 0.2) is 0 Å². The van der Waals surface area contributed by atoms with Crippen molar-refractivity contribution in [3.05, 3.63) is 24.0 Å². The van der Waals surface area contributed by atoms with Gasteiger partial charge >= 0.3 is 6.18 Å². The van der Waals surface area contributed by atoms with Crippen LogP contribution in [0.3, 0.4) is 0 Å². The molecular formula is C15H22F3N3. The molecule has 1 aromatic rings. The SMILES string of the molecule is CC(C)(C)c1cnccc1N1C[C@H](N)C[C@H](C(F)(F)F)C1. The first-order chi connectivity index (χ1) is 9.59. The Labute approximate surface area is 123 Å². The summed E-state index contributed by atoms with van der Waals surface area (Å²) in [4.78, 5) is 5.87. The number of halogens is 3. The predicted molar refractivity (Wildman–Crippen MR) is 77.3 cm³/mol. The van der Waals surface area contributed by atoms with Crippen molar-refractivity contribution in [2.45, 2.75) is 44.8 Å². The summed E-state index contributed by atoms with van der Waals surface area (Å²) in [6.45, 7) is 6.49. The topological polar surface area (TPSA) is 42.2 Å². The number of piperidine rings is 1. The molecule has 21 heavy (non-hydrogen) atoms. The van der Waals surface area contributed by atoms with Crippen LogP contribution in [0, 0.1) is 5.92 Å². The van der Waals surface area contributed by atoms with Crippen LogP contribution in [-0.4, -0.2) is 30.3 Å². The fraction of sp³-hybridized carbons (Fsp3) is 0.667. The summed E-state index contributed by atoms with van der Waals surface area (Å²) in [5.41, 5.74) is 7.42. The number of rotatable bonds is 1. The van der Waals surface area contributed by atoms with Crippen LogP contribution in [0.5, 0.6) is 0 Å². The standard InChI is InChI=1S/C15H22F3N3/c1-14(2,3)12-7-20-5-4-13(12)21-8-10(15(16,17)18)6-11(19)9-21/h4-5,7,10-11H,6,8-9,19H2,1-3H3/t10-,11+/m0/s1. The molecule has 0 saturated carbocycles. The zero-order valence-electron chi connectivity index (χ0n) is 12.6. The van der Waals surface area contributed by atoms with Crippen LogP contribution < -0.4 is 10.6 Å². The highest BCUT2D eigenvalue weighted by atomic mass is 19.4. The third kappa shape index (κ3) is 3.67. The molecule has 2 N–H and O–H groups in total. The lowest BCUT2D eigenvalue weighted by Gasteiger charge is -2.40. The summed E-state index contributed by atoms with van der Waals surface area (Å²) in [5.74, 6) is -1.37. The van der Waals surface area contributed by atoms with Crippen molar-refractivity contribution in [3.8, 4) is 0 Å². The van der Waals surface area contributed by atoms with Gasteiger partial charge in [-0.3, -0.25) is 4.98 Å². The number of pyridine rings is 1. The van der Waals surface area contributed by atoms with Gasteiger partial charge in [0, 0.05) is 37.2 Å². The molecule has 2 rings (SSSR count). The van der Waals surface area contributed by atoms with E-state index in [0.29, 0.717) is 6.54 Å². The van der Waals surface area contributed by atoms with Crippen molar-refractivity contribution in [3.63, 3.8) is 0 Å². The zero-order chi connectivity index (χ0) is 15.8. The van der Waals surface area contributed by atoms with Gasteiger partial charge in [0.05, 0.1) is 5.92 Å². The van der Waals surface area contributed by atoms with E-state index in [9.17, 15) is 13.2 Å². The number of hydrogen-bond donors (Lipinski definition) is 1. The lowest BCUT2D eigenvalue weighted by Crippen LogP contribution is -2.51. The van der Waals surface area contributed by atoms with E-state index in [4.69, 9.17) is 5.73 Å².